The molecule has 4 rings (SSSR count). The van der Waals surface area contributed by atoms with Gasteiger partial charge < -0.3 is 23.8 Å². The summed E-state index contributed by atoms with van der Waals surface area (Å²) in [6, 6.07) is 10.3. The van der Waals surface area contributed by atoms with E-state index < -0.39 is 12.0 Å². The summed E-state index contributed by atoms with van der Waals surface area (Å²) < 4.78 is 21.8. The zero-order valence-corrected chi connectivity index (χ0v) is 17.5. The summed E-state index contributed by atoms with van der Waals surface area (Å²) in [5.41, 5.74) is 2.01. The highest BCUT2D eigenvalue weighted by atomic mass is 16.5. The molecule has 0 amide bonds. The Labute approximate surface area is 175 Å². The van der Waals surface area contributed by atoms with E-state index in [1.807, 2.05) is 23.2 Å². The van der Waals surface area contributed by atoms with Crippen molar-refractivity contribution in [3.63, 3.8) is 0 Å². The van der Waals surface area contributed by atoms with Gasteiger partial charge in [0.1, 0.15) is 0 Å². The van der Waals surface area contributed by atoms with Crippen LogP contribution in [0.15, 0.2) is 47.6 Å². The molecule has 0 bridgehead atoms. The van der Waals surface area contributed by atoms with Crippen molar-refractivity contribution < 1.29 is 18.9 Å². The summed E-state index contributed by atoms with van der Waals surface area (Å²) in [5, 5.41) is 3.66. The van der Waals surface area contributed by atoms with Crippen molar-refractivity contribution in [2.45, 2.75) is 18.4 Å². The summed E-state index contributed by atoms with van der Waals surface area (Å²) in [7, 11) is 6.28. The molecule has 9 heteroatoms. The number of hydrogen-bond acceptors (Lipinski definition) is 9. The smallest absolute Gasteiger partial charge is 0.319 e. The van der Waals surface area contributed by atoms with Gasteiger partial charge in [-0.15, -0.1) is 0 Å². The highest BCUT2D eigenvalue weighted by Gasteiger charge is 2.48. The molecule has 2 atom stereocenters. The van der Waals surface area contributed by atoms with Crippen LogP contribution in [0.2, 0.25) is 0 Å². The molecule has 0 saturated carbocycles. The lowest BCUT2D eigenvalue weighted by atomic mass is 9.85. The minimum absolute atomic E-state index is 0.213. The standard InChI is InChI=1S/C21H25N5O4/c1-27-17-10-12-26(20(25-17)30-4)21(15-8-6-5-7-14(15)9-11-22-21)16-13-18(28-2)24-19(23-16)29-3/h5-8,10,12-13,20,22H,9,11H2,1-4H3. The van der Waals surface area contributed by atoms with Crippen molar-refractivity contribution in [3.8, 4) is 11.9 Å². The van der Waals surface area contributed by atoms with Crippen LogP contribution in [0, 0.1) is 0 Å². The quantitative estimate of drug-likeness (QED) is 0.794. The number of aromatic nitrogens is 2. The summed E-state index contributed by atoms with van der Waals surface area (Å²) in [5.74, 6) is 0.882. The molecule has 1 aromatic carbocycles. The van der Waals surface area contributed by atoms with Crippen LogP contribution < -0.4 is 14.8 Å². The molecule has 2 aliphatic rings. The van der Waals surface area contributed by atoms with E-state index in [2.05, 4.69) is 27.4 Å². The maximum Gasteiger partial charge on any atom is 0.319 e. The second kappa shape index (κ2) is 8.29. The van der Waals surface area contributed by atoms with Crippen molar-refractivity contribution in [3.05, 3.63) is 59.4 Å². The highest BCUT2D eigenvalue weighted by molar-refractivity contribution is 5.88. The minimum Gasteiger partial charge on any atom is -0.481 e. The number of fused-ring (bicyclic) bond motifs is 1. The van der Waals surface area contributed by atoms with Gasteiger partial charge in [-0.1, -0.05) is 24.3 Å². The number of nitrogens with zero attached hydrogens (tertiary/aromatic N) is 4. The zero-order chi connectivity index (χ0) is 21.1. The maximum atomic E-state index is 5.73. The monoisotopic (exact) mass is 411 g/mol. The van der Waals surface area contributed by atoms with Gasteiger partial charge in [-0.2, -0.15) is 15.0 Å². The highest BCUT2D eigenvalue weighted by Crippen LogP contribution is 2.41. The van der Waals surface area contributed by atoms with Gasteiger partial charge in [-0.25, -0.2) is 0 Å². The molecule has 1 N–H and O–H groups in total. The Kier molecular flexibility index (Phi) is 5.56. The molecular weight excluding hydrogens is 386 g/mol. The molecule has 0 fully saturated rings. The Hall–Kier alpha value is -3.17. The number of nitrogens with one attached hydrogen (secondary N) is 1. The van der Waals surface area contributed by atoms with Crippen LogP contribution in [0.25, 0.3) is 0 Å². The Morgan fingerprint density at radius 2 is 1.90 bits per heavy atom. The second-order valence-electron chi connectivity index (χ2n) is 6.78. The number of rotatable bonds is 5. The van der Waals surface area contributed by atoms with Crippen molar-refractivity contribution in [1.29, 1.82) is 0 Å². The molecule has 0 saturated heterocycles. The number of methoxy groups -OCH3 is 4. The van der Waals surface area contributed by atoms with Crippen LogP contribution in [-0.4, -0.2) is 62.1 Å². The fourth-order valence-corrected chi connectivity index (χ4v) is 3.94. The largest absolute Gasteiger partial charge is 0.481 e. The fraction of sp³-hybridized carbons (Fsp3) is 0.381. The van der Waals surface area contributed by atoms with Gasteiger partial charge in [-0.3, -0.25) is 5.32 Å². The van der Waals surface area contributed by atoms with E-state index in [-0.39, 0.29) is 6.01 Å². The summed E-state index contributed by atoms with van der Waals surface area (Å²) in [4.78, 5) is 15.5. The molecule has 0 radical (unpaired) electrons. The molecule has 9 nitrogen and oxygen atoms in total. The average molecular weight is 411 g/mol. The van der Waals surface area contributed by atoms with E-state index in [1.165, 1.54) is 12.7 Å². The van der Waals surface area contributed by atoms with E-state index in [4.69, 9.17) is 23.9 Å². The van der Waals surface area contributed by atoms with E-state index in [0.29, 0.717) is 17.5 Å². The lowest BCUT2D eigenvalue weighted by Gasteiger charge is -2.49. The van der Waals surface area contributed by atoms with Gasteiger partial charge in [0.05, 0.1) is 27.0 Å². The molecule has 3 heterocycles. The molecule has 2 unspecified atom stereocenters. The SMILES string of the molecule is COC1=NC(OC)N(C2(c3cc(OC)nc(OC)n3)NCCc3ccccc32)C=C1. The van der Waals surface area contributed by atoms with E-state index in [9.17, 15) is 0 Å². The van der Waals surface area contributed by atoms with Gasteiger partial charge in [0, 0.05) is 37.6 Å². The molecular formula is C21H25N5O4. The molecule has 2 aromatic rings. The Bertz CT molecular complexity index is 957. The molecule has 2 aliphatic heterocycles. The first kappa shape index (κ1) is 20.1. The van der Waals surface area contributed by atoms with Gasteiger partial charge >= 0.3 is 6.01 Å². The van der Waals surface area contributed by atoms with E-state index in [1.54, 1.807) is 33.5 Å². The number of aliphatic imine (C=N–C) groups is 1. The van der Waals surface area contributed by atoms with Gasteiger partial charge in [0.15, 0.2) is 5.66 Å². The molecule has 30 heavy (non-hydrogen) atoms. The Balaban J connectivity index is 1.97. The third-order valence-corrected chi connectivity index (χ3v) is 5.29. The topological polar surface area (TPSA) is 90.3 Å². The molecule has 158 valence electrons. The summed E-state index contributed by atoms with van der Waals surface area (Å²) in [6.07, 6.45) is 3.94. The first-order chi connectivity index (χ1) is 14.7. The lowest BCUT2D eigenvalue weighted by Crippen LogP contribution is -2.61. The maximum absolute atomic E-state index is 5.73. The van der Waals surface area contributed by atoms with Crippen molar-refractivity contribution >= 4 is 5.90 Å². The van der Waals surface area contributed by atoms with E-state index >= 15 is 0 Å². The van der Waals surface area contributed by atoms with Crippen molar-refractivity contribution in [1.82, 2.24) is 20.2 Å². The Morgan fingerprint density at radius 1 is 1.07 bits per heavy atom. The van der Waals surface area contributed by atoms with Crippen LogP contribution in [0.5, 0.6) is 11.9 Å². The Morgan fingerprint density at radius 3 is 2.63 bits per heavy atom. The second-order valence-corrected chi connectivity index (χ2v) is 6.78. The molecule has 0 aliphatic carbocycles. The van der Waals surface area contributed by atoms with Crippen LogP contribution in [0.1, 0.15) is 16.8 Å². The predicted octanol–water partition coefficient (Wildman–Crippen LogP) is 1.64. The van der Waals surface area contributed by atoms with Crippen LogP contribution in [0.3, 0.4) is 0 Å². The first-order valence-electron chi connectivity index (χ1n) is 9.58. The third kappa shape index (κ3) is 3.25. The number of benzene rings is 1. The minimum atomic E-state index is -0.891. The molecule has 0 spiro atoms. The molecule has 1 aromatic heterocycles. The van der Waals surface area contributed by atoms with E-state index in [0.717, 1.165) is 18.5 Å². The summed E-state index contributed by atoms with van der Waals surface area (Å²) >= 11 is 0. The summed E-state index contributed by atoms with van der Waals surface area (Å²) in [6.45, 7) is 0.729. The van der Waals surface area contributed by atoms with Crippen LogP contribution in [0.4, 0.5) is 0 Å². The fourth-order valence-electron chi connectivity index (χ4n) is 3.94. The van der Waals surface area contributed by atoms with Gasteiger partial charge in [-0.05, 0) is 12.0 Å². The normalized spacial score (nSPS) is 22.9. The number of ether oxygens (including phenoxy) is 4. The first-order valence-corrected chi connectivity index (χ1v) is 9.58. The van der Waals surface area contributed by atoms with Crippen molar-refractivity contribution in [2.24, 2.45) is 4.99 Å². The average Bonchev–Trinajstić information content (AvgIpc) is 2.82. The predicted molar refractivity (Wildman–Crippen MR) is 110 cm³/mol. The van der Waals surface area contributed by atoms with Gasteiger partial charge in [0.25, 0.3) is 0 Å². The van der Waals surface area contributed by atoms with Gasteiger partial charge in [0.2, 0.25) is 18.1 Å². The van der Waals surface area contributed by atoms with Crippen molar-refractivity contribution in [2.75, 3.05) is 35.0 Å². The zero-order valence-electron chi connectivity index (χ0n) is 17.5. The van der Waals surface area contributed by atoms with Crippen LogP contribution >= 0.6 is 0 Å². The third-order valence-electron chi connectivity index (χ3n) is 5.29. The van der Waals surface area contributed by atoms with Crippen LogP contribution in [-0.2, 0) is 21.6 Å². The lowest BCUT2D eigenvalue weighted by molar-refractivity contribution is -0.0631. The number of hydrogen-bond donors (Lipinski definition) is 1.